The van der Waals surface area contributed by atoms with Crippen LogP contribution in [0, 0.1) is 0 Å². The Labute approximate surface area is 661 Å². The van der Waals surface area contributed by atoms with Gasteiger partial charge in [0.25, 0.3) is 5.91 Å². The van der Waals surface area contributed by atoms with E-state index >= 15 is 0 Å². The van der Waals surface area contributed by atoms with Crippen molar-refractivity contribution in [1.82, 2.24) is 39.2 Å². The second kappa shape index (κ2) is 39.5. The molecule has 113 heavy (non-hydrogen) atoms. The lowest BCUT2D eigenvalue weighted by Gasteiger charge is -2.30. The van der Waals surface area contributed by atoms with Crippen molar-refractivity contribution in [3.63, 3.8) is 0 Å². The summed E-state index contributed by atoms with van der Waals surface area (Å²) in [4.78, 5) is 117. The van der Waals surface area contributed by atoms with Crippen LogP contribution in [-0.2, 0) is 64.0 Å². The second-order valence-corrected chi connectivity index (χ2v) is 27.9. The lowest BCUT2D eigenvalue weighted by Crippen LogP contribution is -2.43. The van der Waals surface area contributed by atoms with E-state index in [4.69, 9.17) is 23.7 Å². The number of aliphatic hydroxyl groups is 2. The Morgan fingerprint density at radius 1 is 0.336 bits per heavy atom. The maximum Gasteiger partial charge on any atom is 0.263 e. The molecule has 0 aliphatic carbocycles. The van der Waals surface area contributed by atoms with Crippen LogP contribution in [0.4, 0.5) is 0 Å². The predicted octanol–water partition coefficient (Wildman–Crippen LogP) is 11.4. The van der Waals surface area contributed by atoms with Gasteiger partial charge in [0.15, 0.2) is 12.9 Å². The molecular weight excluding hydrogens is 1430 g/mol. The number of para-hydroxylation sites is 1. The minimum atomic E-state index is -1.56. The summed E-state index contributed by atoms with van der Waals surface area (Å²) in [5, 5.41) is 18.4. The van der Waals surface area contributed by atoms with Crippen LogP contribution in [0.15, 0.2) is 249 Å². The lowest BCUT2D eigenvalue weighted by atomic mass is 10.0. The van der Waals surface area contributed by atoms with Crippen LogP contribution in [0.1, 0.15) is 109 Å². The predicted molar refractivity (Wildman–Crippen MR) is 427 cm³/mol. The minimum absolute atomic E-state index is 0.0163. The molecule has 4 aliphatic rings. The Bertz CT molecular complexity index is 4610. The molecule has 8 atom stereocenters. The number of rotatable bonds is 24. The van der Waals surface area contributed by atoms with Gasteiger partial charge in [-0.15, -0.1) is 0 Å². The van der Waals surface area contributed by atoms with Gasteiger partial charge in [0.1, 0.15) is 77.6 Å². The van der Waals surface area contributed by atoms with Gasteiger partial charge >= 0.3 is 0 Å². The van der Waals surface area contributed by atoms with Gasteiger partial charge in [0.2, 0.25) is 41.4 Å². The zero-order valence-corrected chi connectivity index (χ0v) is 65.5. The second-order valence-electron chi connectivity index (χ2n) is 27.9. The number of amides is 8. The summed E-state index contributed by atoms with van der Waals surface area (Å²) in [5.41, 5.74) is 7.46. The van der Waals surface area contributed by atoms with Gasteiger partial charge in [0, 0.05) is 80.1 Å². The average Bonchev–Trinajstić information content (AvgIpc) is 1.64. The molecule has 4 heterocycles. The molecule has 0 aromatic heterocycles. The first-order chi connectivity index (χ1) is 54.6. The van der Waals surface area contributed by atoms with Crippen molar-refractivity contribution in [2.45, 2.75) is 120 Å². The molecule has 9 aromatic carbocycles. The first-order valence-corrected chi connectivity index (χ1v) is 37.6. The molecule has 2 N–H and O–H groups in total. The number of carbonyl (C=O) groups excluding carboxylic acids is 8. The number of likely N-dealkylation sites (N-methyl/N-ethyl adjacent to an activating group) is 4. The zero-order chi connectivity index (χ0) is 80.8. The first-order valence-electron chi connectivity index (χ1n) is 37.6. The summed E-state index contributed by atoms with van der Waals surface area (Å²) >= 11 is 0. The van der Waals surface area contributed by atoms with Crippen molar-refractivity contribution in [2.75, 3.05) is 63.2 Å². The highest BCUT2D eigenvalue weighted by atomic mass is 16.5. The monoisotopic (exact) mass is 1530 g/mol. The average molecular weight is 1530 g/mol. The molecule has 8 unspecified atom stereocenters. The maximum absolute atomic E-state index is 13.4. The highest BCUT2D eigenvalue weighted by Gasteiger charge is 2.51. The van der Waals surface area contributed by atoms with E-state index in [1.165, 1.54) is 6.92 Å². The highest BCUT2D eigenvalue weighted by molar-refractivity contribution is 5.94. The van der Waals surface area contributed by atoms with Crippen LogP contribution in [0.2, 0.25) is 0 Å². The van der Waals surface area contributed by atoms with Gasteiger partial charge in [-0.3, -0.25) is 38.4 Å². The zero-order valence-electron chi connectivity index (χ0n) is 65.5. The Balaban J connectivity index is 0.000000160. The molecule has 0 spiro atoms. The van der Waals surface area contributed by atoms with Crippen molar-refractivity contribution in [2.24, 2.45) is 0 Å². The Morgan fingerprint density at radius 2 is 0.584 bits per heavy atom. The van der Waals surface area contributed by atoms with E-state index in [0.717, 1.165) is 73.9 Å². The van der Waals surface area contributed by atoms with E-state index in [-0.39, 0.29) is 79.0 Å². The summed E-state index contributed by atoms with van der Waals surface area (Å²) < 4.78 is 26.5. The molecule has 0 saturated carbocycles. The third-order valence-corrected chi connectivity index (χ3v) is 20.6. The number of nitrogens with zero attached hydrogens (tertiary/aromatic N) is 8. The minimum Gasteiger partial charge on any atom is -0.497 e. The van der Waals surface area contributed by atoms with Gasteiger partial charge in [-0.1, -0.05) is 195 Å². The largest absolute Gasteiger partial charge is 0.497 e. The van der Waals surface area contributed by atoms with Crippen molar-refractivity contribution in [1.29, 1.82) is 0 Å². The molecular formula is C90H100N8O15. The molecule has 590 valence electrons. The molecule has 0 bridgehead atoms. The van der Waals surface area contributed by atoms with E-state index in [1.54, 1.807) is 108 Å². The summed E-state index contributed by atoms with van der Waals surface area (Å²) in [7, 11) is 13.4. The number of benzene rings is 9. The Morgan fingerprint density at radius 3 is 0.841 bits per heavy atom. The summed E-state index contributed by atoms with van der Waals surface area (Å²) in [6.07, 6.45) is -0.507. The van der Waals surface area contributed by atoms with Gasteiger partial charge in [-0.05, 0) is 112 Å². The first kappa shape index (κ1) is 83.1. The quantitative estimate of drug-likeness (QED) is 0.0534. The van der Waals surface area contributed by atoms with Gasteiger partial charge in [0.05, 0.1) is 28.4 Å². The van der Waals surface area contributed by atoms with Gasteiger partial charge in [-0.2, -0.15) is 0 Å². The molecule has 23 heteroatoms. The normalized spacial score (nSPS) is 19.1. The molecule has 4 saturated heterocycles. The van der Waals surface area contributed by atoms with Crippen LogP contribution in [-0.4, -0.2) is 190 Å². The Kier molecular flexibility index (Phi) is 29.1. The standard InChI is InChI=1S/C26H26N2O4.C22H26N2O5.C22H26N2O3.C20H22N2O3/c1-27-25(20-9-5-3-6-10-20)28(24(29)18-32-22-11-7-4-8-12-22)23(26(27)30)17-19-13-15-21(31-2)16-14-19;1-23-21(16-6-4-3-5-7-16)24(19(25)12-13-20(26)27)18(22(23)28)14-15-8-10-17(29-2)11-9-15;1-4-8-20(25)24-19(15-16-11-13-18(27-3)14-12-16)22(26)23(2)21(24)17-9-6-5-7-10-17;1-14(23)22-18(13-15-9-11-17(25-3)12-10-15)20(24)21(2)19(22)16-7-5-4-6-8-16/h3-16,23,25H,17-18H2,1-2H3;3-11,18,20-21,26-27H,12-14H2,1-2H3;5-7,9-14,19,21H,4,8,15H2,1-3H3;4-12,18-19H,13H2,1-3H3. The van der Waals surface area contributed by atoms with Crippen molar-refractivity contribution < 1.29 is 72.3 Å². The highest BCUT2D eigenvalue weighted by Crippen LogP contribution is 2.40. The smallest absolute Gasteiger partial charge is 0.263 e. The van der Waals surface area contributed by atoms with E-state index in [0.29, 0.717) is 37.9 Å². The van der Waals surface area contributed by atoms with Gasteiger partial charge in [-0.25, -0.2) is 0 Å². The maximum atomic E-state index is 13.4. The van der Waals surface area contributed by atoms with Crippen LogP contribution < -0.4 is 23.7 Å². The number of carbonyl (C=O) groups is 8. The third kappa shape index (κ3) is 20.2. The van der Waals surface area contributed by atoms with Crippen LogP contribution in [0.3, 0.4) is 0 Å². The number of ether oxygens (including phenoxy) is 5. The molecule has 9 aromatic rings. The van der Waals surface area contributed by atoms with Crippen molar-refractivity contribution in [3.8, 4) is 28.7 Å². The number of aliphatic hydroxyl groups excluding tert-OH is 1. The van der Waals surface area contributed by atoms with Crippen LogP contribution in [0.25, 0.3) is 0 Å². The van der Waals surface area contributed by atoms with Crippen molar-refractivity contribution in [3.05, 3.63) is 293 Å². The number of hydrogen-bond donors (Lipinski definition) is 2. The fourth-order valence-electron chi connectivity index (χ4n) is 14.8. The fourth-order valence-corrected chi connectivity index (χ4v) is 14.8. The summed E-state index contributed by atoms with van der Waals surface area (Å²) in [6, 6.07) is 75.5. The van der Waals surface area contributed by atoms with Crippen LogP contribution in [0.5, 0.6) is 28.7 Å². The molecule has 13 rings (SSSR count). The van der Waals surface area contributed by atoms with E-state index in [2.05, 4.69) is 0 Å². The number of methoxy groups -OCH3 is 4. The summed E-state index contributed by atoms with van der Waals surface area (Å²) in [5.74, 6) is 2.70. The Hall–Kier alpha value is -12.3. The topological polar surface area (TPSA) is 249 Å². The molecule has 23 nitrogen and oxygen atoms in total. The van der Waals surface area contributed by atoms with E-state index in [9.17, 15) is 48.6 Å². The molecule has 4 aliphatic heterocycles. The number of hydrogen-bond acceptors (Lipinski definition) is 15. The van der Waals surface area contributed by atoms with Gasteiger partial charge < -0.3 is 73.1 Å². The van der Waals surface area contributed by atoms with E-state index < -0.39 is 42.8 Å². The van der Waals surface area contributed by atoms with Crippen LogP contribution >= 0.6 is 0 Å². The lowest BCUT2D eigenvalue weighted by molar-refractivity contribution is -0.139. The van der Waals surface area contributed by atoms with Crippen molar-refractivity contribution >= 4 is 47.3 Å². The molecule has 4 fully saturated rings. The summed E-state index contributed by atoms with van der Waals surface area (Å²) in [6.45, 7) is 3.35. The van der Waals surface area contributed by atoms with E-state index in [1.807, 2.05) is 244 Å². The molecule has 0 radical (unpaired) electrons. The molecule has 8 amide bonds. The SMILES string of the molecule is CCCC(=O)N1C(Cc2ccc(OC)cc2)C(=O)N(C)C1c1ccccc1.COc1ccc(CC2C(=O)N(C)C(c3ccccc3)N2C(=O)CCC(O)O)cc1.COc1ccc(CC2C(=O)N(C)C(c3ccccc3)N2C(=O)COc2ccccc2)cc1.COc1ccc(CC2C(=O)N(C)C(c3ccccc3)N2C(C)=O)cc1. The fraction of sp³-hybridized carbons (Fsp3) is 0.311. The third-order valence-electron chi connectivity index (χ3n) is 20.6.